The average Bonchev–Trinajstić information content (AvgIpc) is 2.84. The molecule has 0 amide bonds. The molecule has 1 unspecified atom stereocenters. The fraction of sp³-hybridized carbons (Fsp3) is 0.400. The highest BCUT2D eigenvalue weighted by molar-refractivity contribution is 5.58. The van der Waals surface area contributed by atoms with Gasteiger partial charge in [-0.1, -0.05) is 6.58 Å². The molecule has 12 heavy (non-hydrogen) atoms. The van der Waals surface area contributed by atoms with Crippen molar-refractivity contribution in [3.63, 3.8) is 0 Å². The number of rotatable bonds is 5. The molecule has 1 aliphatic rings. The van der Waals surface area contributed by atoms with E-state index in [-0.39, 0.29) is 0 Å². The van der Waals surface area contributed by atoms with Crippen LogP contribution in [0.2, 0.25) is 0 Å². The van der Waals surface area contributed by atoms with Crippen LogP contribution in [0.4, 0.5) is 4.79 Å². The molecule has 1 heterocycles. The van der Waals surface area contributed by atoms with Crippen molar-refractivity contribution in [1.82, 2.24) is 0 Å². The molecular weight excluding hydrogens is 172 g/mol. The van der Waals surface area contributed by atoms with E-state index in [0.29, 0.717) is 6.61 Å². The Morgan fingerprint density at radius 2 is 2.33 bits per heavy atom. The highest BCUT2D eigenvalue weighted by Crippen LogP contribution is 2.10. The van der Waals surface area contributed by atoms with E-state index < -0.39 is 12.4 Å². The van der Waals surface area contributed by atoms with Crippen LogP contribution in [0.3, 0.4) is 0 Å². The summed E-state index contributed by atoms with van der Waals surface area (Å²) in [5, 5.41) is 3.78. The second-order valence-electron chi connectivity index (χ2n) is 1.61. The lowest BCUT2D eigenvalue weighted by Crippen LogP contribution is -2.09. The molecule has 1 aliphatic heterocycles. The Morgan fingerprint density at radius 1 is 1.58 bits per heavy atom. The number of carbonyl (C=O) groups is 1. The van der Waals surface area contributed by atoms with Crippen molar-refractivity contribution in [2.45, 2.75) is 6.29 Å². The van der Waals surface area contributed by atoms with Gasteiger partial charge >= 0.3 is 6.16 Å². The first-order valence-corrected chi connectivity index (χ1v) is 2.92. The van der Waals surface area contributed by atoms with Crippen LogP contribution in [-0.4, -0.2) is 19.1 Å². The maximum Gasteiger partial charge on any atom is 0.576 e. The number of carbonyl (C=O) groups excluding carboxylic acids is 1. The van der Waals surface area contributed by atoms with Gasteiger partial charge in [0, 0.05) is 5.04 Å². The van der Waals surface area contributed by atoms with E-state index in [1.807, 2.05) is 0 Å². The first-order chi connectivity index (χ1) is 5.83. The zero-order valence-electron chi connectivity index (χ0n) is 5.93. The molecule has 68 valence electrons. The summed E-state index contributed by atoms with van der Waals surface area (Å²) in [5.74, 6) is 0. The van der Waals surface area contributed by atoms with Crippen molar-refractivity contribution in [3.05, 3.63) is 12.8 Å². The van der Waals surface area contributed by atoms with Gasteiger partial charge in [-0.05, 0) is 0 Å². The van der Waals surface area contributed by atoms with Gasteiger partial charge < -0.3 is 9.62 Å². The van der Waals surface area contributed by atoms with Crippen LogP contribution in [0.5, 0.6) is 0 Å². The predicted molar refractivity (Wildman–Crippen MR) is 30.8 cm³/mol. The summed E-state index contributed by atoms with van der Waals surface area (Å²) in [4.78, 5) is 26.5. The van der Waals surface area contributed by atoms with Crippen LogP contribution >= 0.6 is 0 Å². The molecule has 1 rings (SSSR count). The lowest BCUT2D eigenvalue weighted by atomic mass is 10.9. The van der Waals surface area contributed by atoms with Crippen molar-refractivity contribution in [2.75, 3.05) is 6.61 Å². The van der Waals surface area contributed by atoms with Crippen LogP contribution in [-0.2, 0) is 29.3 Å². The number of hydrogen-bond acceptors (Lipinski definition) is 7. The van der Waals surface area contributed by atoms with Crippen molar-refractivity contribution in [2.24, 2.45) is 0 Å². The Bertz CT molecular complexity index is 163. The van der Waals surface area contributed by atoms with Crippen molar-refractivity contribution in [1.29, 1.82) is 0 Å². The van der Waals surface area contributed by atoms with E-state index >= 15 is 0 Å². The van der Waals surface area contributed by atoms with Gasteiger partial charge in [-0.2, -0.15) is 4.79 Å². The van der Waals surface area contributed by atoms with E-state index in [1.165, 1.54) is 0 Å². The lowest BCUT2D eigenvalue weighted by molar-refractivity contribution is -0.472. The number of ether oxygens (including phenoxy) is 1. The third-order valence-electron chi connectivity index (χ3n) is 0.736. The molecule has 1 fully saturated rings. The minimum Gasteiger partial charge on any atom is -0.342 e. The molecule has 7 nitrogen and oxygen atoms in total. The monoisotopic (exact) mass is 178 g/mol. The fourth-order valence-electron chi connectivity index (χ4n) is 0.277. The van der Waals surface area contributed by atoms with Gasteiger partial charge in [0.15, 0.2) is 0 Å². The summed E-state index contributed by atoms with van der Waals surface area (Å²) in [6.45, 7) is 3.50. The molecule has 0 aliphatic carbocycles. The summed E-state index contributed by atoms with van der Waals surface area (Å²) in [6.07, 6.45) is -0.789. The van der Waals surface area contributed by atoms with Crippen LogP contribution in [0.1, 0.15) is 0 Å². The van der Waals surface area contributed by atoms with Crippen molar-refractivity contribution >= 4 is 6.16 Å². The fourth-order valence-corrected chi connectivity index (χ4v) is 0.277. The van der Waals surface area contributed by atoms with E-state index in [2.05, 4.69) is 35.9 Å². The van der Waals surface area contributed by atoms with Gasteiger partial charge in [-0.15, -0.1) is 4.89 Å². The molecule has 0 radical (unpaired) electrons. The first kappa shape index (κ1) is 8.78. The average molecular weight is 178 g/mol. The molecule has 1 saturated heterocycles. The Labute approximate surface area is 67.1 Å². The van der Waals surface area contributed by atoms with Crippen LogP contribution in [0, 0.1) is 0 Å². The third-order valence-corrected chi connectivity index (χ3v) is 0.736. The van der Waals surface area contributed by atoms with Gasteiger partial charge in [0.2, 0.25) is 6.29 Å². The quantitative estimate of drug-likeness (QED) is 0.198. The SMILES string of the molecule is C=COOOC(=O)OOC1CO1. The second-order valence-corrected chi connectivity index (χ2v) is 1.61. The van der Waals surface area contributed by atoms with Crippen molar-refractivity contribution < 1.29 is 34.1 Å². The predicted octanol–water partition coefficient (Wildman–Crippen LogP) is 0.434. The summed E-state index contributed by atoms with van der Waals surface area (Å²) in [7, 11) is 0. The van der Waals surface area contributed by atoms with Gasteiger partial charge in [-0.3, -0.25) is 4.89 Å². The summed E-state index contributed by atoms with van der Waals surface area (Å²) < 4.78 is 4.54. The van der Waals surface area contributed by atoms with Gasteiger partial charge in [0.1, 0.15) is 12.9 Å². The van der Waals surface area contributed by atoms with Crippen LogP contribution in [0.15, 0.2) is 12.8 Å². The standard InChI is InChI=1S/C5H6O7/c1-2-8-12-11-5(6)10-9-4-3-7-4/h2,4H,1,3H2. The van der Waals surface area contributed by atoms with Crippen molar-refractivity contribution in [3.8, 4) is 0 Å². The minimum atomic E-state index is -1.20. The highest BCUT2D eigenvalue weighted by atomic mass is 17.5. The molecule has 0 N–H and O–H groups in total. The largest absolute Gasteiger partial charge is 0.576 e. The normalized spacial score (nSPS) is 19.5. The number of epoxide rings is 1. The van der Waals surface area contributed by atoms with E-state index in [1.54, 1.807) is 0 Å². The minimum absolute atomic E-state index is 0.386. The second kappa shape index (κ2) is 4.54. The lowest BCUT2D eigenvalue weighted by Gasteiger charge is -1.98. The third kappa shape index (κ3) is 3.76. The van der Waals surface area contributed by atoms with Gasteiger partial charge in [0.25, 0.3) is 0 Å². The molecule has 1 atom stereocenters. The molecular formula is C5H6O7. The Morgan fingerprint density at radius 3 is 2.92 bits per heavy atom. The Kier molecular flexibility index (Phi) is 3.33. The van der Waals surface area contributed by atoms with Crippen LogP contribution < -0.4 is 0 Å². The van der Waals surface area contributed by atoms with E-state index in [9.17, 15) is 4.79 Å². The molecule has 0 saturated carbocycles. The smallest absolute Gasteiger partial charge is 0.342 e. The topological polar surface area (TPSA) is 75.8 Å². The van der Waals surface area contributed by atoms with Gasteiger partial charge in [0.05, 0.1) is 0 Å². The molecule has 0 spiro atoms. The number of hydrogen-bond donors (Lipinski definition) is 0. The summed E-state index contributed by atoms with van der Waals surface area (Å²) >= 11 is 0. The molecule has 0 aromatic heterocycles. The summed E-state index contributed by atoms with van der Waals surface area (Å²) in [6, 6.07) is 0. The van der Waals surface area contributed by atoms with E-state index in [0.717, 1.165) is 6.26 Å². The first-order valence-electron chi connectivity index (χ1n) is 2.92. The zero-order valence-corrected chi connectivity index (χ0v) is 5.93. The zero-order chi connectivity index (χ0) is 8.81. The van der Waals surface area contributed by atoms with E-state index in [4.69, 9.17) is 0 Å². The highest BCUT2D eigenvalue weighted by Gasteiger charge is 2.27. The van der Waals surface area contributed by atoms with Crippen LogP contribution in [0.25, 0.3) is 0 Å². The Balaban J connectivity index is 1.91. The Hall–Kier alpha value is -1.31. The maximum atomic E-state index is 10.4. The summed E-state index contributed by atoms with van der Waals surface area (Å²) in [5.41, 5.74) is 0. The van der Waals surface area contributed by atoms with Gasteiger partial charge in [-0.25, -0.2) is 4.89 Å². The molecule has 7 heteroatoms. The molecule has 0 aromatic carbocycles. The molecule has 0 bridgehead atoms. The molecule has 0 aromatic rings. The maximum absolute atomic E-state index is 10.4.